The number of fused-ring (bicyclic) bond motifs is 1. The van der Waals surface area contributed by atoms with Crippen molar-refractivity contribution in [2.75, 3.05) is 30.4 Å². The molecule has 0 radical (unpaired) electrons. The number of nitrogens with one attached hydrogen (secondary N) is 1. The van der Waals surface area contributed by atoms with E-state index in [2.05, 4.69) is 41.3 Å². The van der Waals surface area contributed by atoms with Gasteiger partial charge >= 0.3 is 0 Å². The van der Waals surface area contributed by atoms with Crippen LogP contribution in [0.4, 0.5) is 11.8 Å². The summed E-state index contributed by atoms with van der Waals surface area (Å²) in [5, 5.41) is 22.5. The van der Waals surface area contributed by atoms with Gasteiger partial charge in [-0.05, 0) is 51.8 Å². The molecule has 3 aromatic rings. The maximum atomic E-state index is 10.4. The highest BCUT2D eigenvalue weighted by Gasteiger charge is 2.34. The number of nitrogens with zero attached hydrogens (tertiary/aromatic N) is 6. The molecule has 1 atom stereocenters. The van der Waals surface area contributed by atoms with Crippen molar-refractivity contribution in [2.45, 2.75) is 51.8 Å². The topological polar surface area (TPSA) is 101 Å². The molecular weight excluding hydrogens is 382 g/mol. The Balaban J connectivity index is 1.75. The first-order valence-electron chi connectivity index (χ1n) is 10.1. The molecule has 9 heteroatoms. The third-order valence-corrected chi connectivity index (χ3v) is 5.07. The molecule has 160 valence electrons. The lowest BCUT2D eigenvalue weighted by Crippen LogP contribution is -2.31. The molecule has 2 N–H and O–H groups in total. The minimum absolute atomic E-state index is 0.199. The number of anilines is 2. The second-order valence-corrected chi connectivity index (χ2v) is 9.18. The Labute approximate surface area is 176 Å². The molecule has 1 fully saturated rings. The molecule has 3 heterocycles. The molecule has 2 aromatic heterocycles. The van der Waals surface area contributed by atoms with E-state index in [4.69, 9.17) is 14.7 Å². The van der Waals surface area contributed by atoms with Gasteiger partial charge in [0.25, 0.3) is 0 Å². The molecule has 0 aliphatic carbocycles. The zero-order chi connectivity index (χ0) is 21.5. The van der Waals surface area contributed by atoms with Crippen LogP contribution < -0.4 is 15.0 Å². The number of hydrogen-bond acceptors (Lipinski definition) is 8. The highest BCUT2D eigenvalue weighted by atomic mass is 16.5. The molecule has 1 aromatic carbocycles. The Bertz CT molecular complexity index is 1040. The first-order chi connectivity index (χ1) is 14.1. The summed E-state index contributed by atoms with van der Waals surface area (Å²) >= 11 is 0. The van der Waals surface area contributed by atoms with Crippen molar-refractivity contribution in [3.05, 3.63) is 29.8 Å². The van der Waals surface area contributed by atoms with E-state index in [-0.39, 0.29) is 5.54 Å². The first-order valence-corrected chi connectivity index (χ1v) is 10.1. The van der Waals surface area contributed by atoms with E-state index in [1.54, 1.807) is 11.8 Å². The van der Waals surface area contributed by atoms with Gasteiger partial charge in [-0.15, -0.1) is 5.10 Å². The minimum Gasteiger partial charge on any atom is -0.497 e. The second kappa shape index (κ2) is 7.39. The van der Waals surface area contributed by atoms with Gasteiger partial charge in [0.15, 0.2) is 17.0 Å². The van der Waals surface area contributed by atoms with Crippen LogP contribution in [-0.2, 0) is 6.54 Å². The number of rotatable bonds is 5. The van der Waals surface area contributed by atoms with Gasteiger partial charge in [0.05, 0.1) is 19.3 Å². The predicted molar refractivity (Wildman–Crippen MR) is 116 cm³/mol. The Morgan fingerprint density at radius 2 is 1.93 bits per heavy atom. The standard InChI is InChI=1S/C21H29N7O2/c1-20(2,3)24-19-22-17(27-11-10-21(4,29)13-27)16-18(23-19)28(26-25-16)12-14-6-8-15(30-5)9-7-14/h6-9,29H,10-13H2,1-5H3,(H,22,23,24). The first kappa shape index (κ1) is 20.3. The highest BCUT2D eigenvalue weighted by molar-refractivity contribution is 5.84. The van der Waals surface area contributed by atoms with E-state index in [9.17, 15) is 5.11 Å². The van der Waals surface area contributed by atoms with Gasteiger partial charge < -0.3 is 20.1 Å². The number of aromatic nitrogens is 5. The summed E-state index contributed by atoms with van der Waals surface area (Å²) in [6, 6.07) is 7.85. The predicted octanol–water partition coefficient (Wildman–Crippen LogP) is 2.45. The van der Waals surface area contributed by atoms with Crippen molar-refractivity contribution < 1.29 is 9.84 Å². The summed E-state index contributed by atoms with van der Waals surface area (Å²) in [4.78, 5) is 11.5. The molecule has 0 bridgehead atoms. The normalized spacial score (nSPS) is 19.5. The Hall–Kier alpha value is -2.94. The monoisotopic (exact) mass is 411 g/mol. The molecule has 1 aliphatic rings. The summed E-state index contributed by atoms with van der Waals surface area (Å²) < 4.78 is 7.02. The highest BCUT2D eigenvalue weighted by Crippen LogP contribution is 2.31. The van der Waals surface area contributed by atoms with Crippen LogP contribution in [0.5, 0.6) is 5.75 Å². The summed E-state index contributed by atoms with van der Waals surface area (Å²) in [7, 11) is 1.65. The molecule has 30 heavy (non-hydrogen) atoms. The van der Waals surface area contributed by atoms with Crippen molar-refractivity contribution in [1.29, 1.82) is 0 Å². The Morgan fingerprint density at radius 3 is 2.53 bits per heavy atom. The molecule has 1 saturated heterocycles. The molecular formula is C21H29N7O2. The van der Waals surface area contributed by atoms with E-state index in [0.717, 1.165) is 11.3 Å². The molecule has 0 saturated carbocycles. The van der Waals surface area contributed by atoms with Crippen LogP contribution in [-0.4, -0.2) is 61.4 Å². The number of benzene rings is 1. The van der Waals surface area contributed by atoms with E-state index in [0.29, 0.717) is 49.0 Å². The van der Waals surface area contributed by atoms with E-state index < -0.39 is 5.60 Å². The molecule has 1 unspecified atom stereocenters. The maximum absolute atomic E-state index is 10.4. The van der Waals surface area contributed by atoms with Gasteiger partial charge in [0.1, 0.15) is 5.75 Å². The largest absolute Gasteiger partial charge is 0.497 e. The zero-order valence-electron chi connectivity index (χ0n) is 18.2. The van der Waals surface area contributed by atoms with Gasteiger partial charge in [0.2, 0.25) is 5.95 Å². The van der Waals surface area contributed by atoms with Gasteiger partial charge in [-0.25, -0.2) is 4.68 Å². The van der Waals surface area contributed by atoms with Crippen molar-refractivity contribution in [3.8, 4) is 5.75 Å². The summed E-state index contributed by atoms with van der Waals surface area (Å²) in [5.74, 6) is 2.03. The van der Waals surface area contributed by atoms with Gasteiger partial charge in [0, 0.05) is 18.6 Å². The third kappa shape index (κ3) is 4.30. The second-order valence-electron chi connectivity index (χ2n) is 9.18. The summed E-state index contributed by atoms with van der Waals surface area (Å²) in [6.07, 6.45) is 0.681. The number of hydrogen-bond donors (Lipinski definition) is 2. The molecule has 4 rings (SSSR count). The summed E-state index contributed by atoms with van der Waals surface area (Å²) in [6.45, 7) is 9.78. The van der Waals surface area contributed by atoms with Crippen molar-refractivity contribution in [3.63, 3.8) is 0 Å². The molecule has 9 nitrogen and oxygen atoms in total. The lowest BCUT2D eigenvalue weighted by Gasteiger charge is -2.23. The van der Waals surface area contributed by atoms with Gasteiger partial charge in [-0.1, -0.05) is 17.3 Å². The maximum Gasteiger partial charge on any atom is 0.227 e. The molecule has 0 spiro atoms. The fourth-order valence-corrected chi connectivity index (χ4v) is 3.59. The van der Waals surface area contributed by atoms with Crippen molar-refractivity contribution in [2.24, 2.45) is 0 Å². The fraction of sp³-hybridized carbons (Fsp3) is 0.524. The number of ether oxygens (including phenoxy) is 1. The quantitative estimate of drug-likeness (QED) is 0.660. The van der Waals surface area contributed by atoms with Crippen LogP contribution in [0.3, 0.4) is 0 Å². The van der Waals surface area contributed by atoms with Crippen LogP contribution in [0.2, 0.25) is 0 Å². The van der Waals surface area contributed by atoms with E-state index in [1.165, 1.54) is 0 Å². The fourth-order valence-electron chi connectivity index (χ4n) is 3.59. The number of aliphatic hydroxyl groups is 1. The van der Waals surface area contributed by atoms with E-state index in [1.807, 2.05) is 31.2 Å². The van der Waals surface area contributed by atoms with Crippen LogP contribution in [0.15, 0.2) is 24.3 Å². The number of β-amino-alcohol motifs (C(OH)–C–C–N with tert-alkyl or cyclic N) is 1. The van der Waals surface area contributed by atoms with Crippen LogP contribution >= 0.6 is 0 Å². The summed E-state index contributed by atoms with van der Waals surface area (Å²) in [5.41, 5.74) is 1.43. The SMILES string of the molecule is COc1ccc(Cn2nnc3c(N4CCC(C)(O)C4)nc(NC(C)(C)C)nc32)cc1. The Morgan fingerprint density at radius 1 is 1.20 bits per heavy atom. The van der Waals surface area contributed by atoms with Gasteiger partial charge in [-0.2, -0.15) is 9.97 Å². The average molecular weight is 412 g/mol. The van der Waals surface area contributed by atoms with E-state index >= 15 is 0 Å². The smallest absolute Gasteiger partial charge is 0.227 e. The Kier molecular flexibility index (Phi) is 5.01. The van der Waals surface area contributed by atoms with Crippen LogP contribution in [0.25, 0.3) is 11.2 Å². The van der Waals surface area contributed by atoms with Crippen LogP contribution in [0.1, 0.15) is 39.7 Å². The van der Waals surface area contributed by atoms with Crippen molar-refractivity contribution in [1.82, 2.24) is 25.0 Å². The lowest BCUT2D eigenvalue weighted by molar-refractivity contribution is 0.0839. The average Bonchev–Trinajstić information content (AvgIpc) is 3.23. The zero-order valence-corrected chi connectivity index (χ0v) is 18.2. The molecule has 1 aliphatic heterocycles. The van der Waals surface area contributed by atoms with Crippen LogP contribution in [0, 0.1) is 0 Å². The van der Waals surface area contributed by atoms with Crippen molar-refractivity contribution >= 4 is 22.9 Å². The number of methoxy groups -OCH3 is 1. The van der Waals surface area contributed by atoms with Gasteiger partial charge in [-0.3, -0.25) is 0 Å². The third-order valence-electron chi connectivity index (χ3n) is 5.07. The molecule has 0 amide bonds. The lowest BCUT2D eigenvalue weighted by atomic mass is 10.1. The minimum atomic E-state index is -0.742.